The Morgan fingerprint density at radius 3 is 1.29 bits per heavy atom. The molecule has 0 saturated heterocycles. The molecule has 5 heteroatoms. The summed E-state index contributed by atoms with van der Waals surface area (Å²) in [5.74, 6) is 1.83. The number of phenols is 5. The normalized spacial score (nSPS) is 13.5. The lowest BCUT2D eigenvalue weighted by molar-refractivity contribution is 0.411. The smallest absolute Gasteiger partial charge is 0.122 e. The second kappa shape index (κ2) is 16.4. The van der Waals surface area contributed by atoms with E-state index in [1.54, 1.807) is 24.3 Å². The van der Waals surface area contributed by atoms with Crippen LogP contribution in [0.4, 0.5) is 0 Å². The Morgan fingerprint density at radius 2 is 0.824 bits per heavy atom. The van der Waals surface area contributed by atoms with Gasteiger partial charge in [0.05, 0.1) is 0 Å². The third-order valence-electron chi connectivity index (χ3n) is 10.5. The van der Waals surface area contributed by atoms with Crippen LogP contribution in [0, 0.1) is 0 Å². The molecule has 0 spiro atoms. The van der Waals surface area contributed by atoms with Gasteiger partial charge in [0.1, 0.15) is 28.7 Å². The van der Waals surface area contributed by atoms with Crippen molar-refractivity contribution in [3.05, 3.63) is 146 Å². The summed E-state index contributed by atoms with van der Waals surface area (Å²) in [4.78, 5) is 0. The van der Waals surface area contributed by atoms with Crippen LogP contribution in [0.25, 0.3) is 0 Å². The lowest BCUT2D eigenvalue weighted by Gasteiger charge is -2.25. The lowest BCUT2D eigenvalue weighted by atomic mass is 9.81. The number of aryl methyl sites for hydroxylation is 2. The van der Waals surface area contributed by atoms with Gasteiger partial charge in [-0.25, -0.2) is 0 Å². The fraction of sp³-hybridized carbons (Fsp3) is 0.348. The highest BCUT2D eigenvalue weighted by atomic mass is 16.3. The van der Waals surface area contributed by atoms with E-state index in [4.69, 9.17) is 0 Å². The fourth-order valence-corrected chi connectivity index (χ4v) is 7.93. The van der Waals surface area contributed by atoms with Gasteiger partial charge in [-0.15, -0.1) is 0 Å². The highest BCUT2D eigenvalue weighted by Crippen LogP contribution is 2.41. The highest BCUT2D eigenvalue weighted by Gasteiger charge is 2.23. The molecular formula is C46H52O5. The molecule has 5 aromatic carbocycles. The van der Waals surface area contributed by atoms with Crippen LogP contribution in [0.2, 0.25) is 0 Å². The van der Waals surface area contributed by atoms with Crippen LogP contribution in [0.15, 0.2) is 84.9 Å². The molecule has 1 saturated carbocycles. The zero-order valence-electron chi connectivity index (χ0n) is 30.1. The van der Waals surface area contributed by atoms with E-state index in [9.17, 15) is 25.5 Å². The molecule has 1 aliphatic carbocycles. The molecule has 0 atom stereocenters. The number of hydrogen-bond donors (Lipinski definition) is 5. The van der Waals surface area contributed by atoms with Gasteiger partial charge >= 0.3 is 0 Å². The van der Waals surface area contributed by atoms with Gasteiger partial charge in [0.2, 0.25) is 0 Å². The molecule has 0 heterocycles. The van der Waals surface area contributed by atoms with Gasteiger partial charge in [-0.3, -0.25) is 0 Å². The molecule has 0 unspecified atom stereocenters. The van der Waals surface area contributed by atoms with E-state index in [2.05, 4.69) is 50.2 Å². The zero-order valence-corrected chi connectivity index (χ0v) is 30.1. The Kier molecular flexibility index (Phi) is 11.6. The maximum absolute atomic E-state index is 11.9. The van der Waals surface area contributed by atoms with Gasteiger partial charge in [-0.05, 0) is 123 Å². The van der Waals surface area contributed by atoms with E-state index in [0.29, 0.717) is 48.8 Å². The monoisotopic (exact) mass is 684 g/mol. The standard InChI is InChI=1S/C46H52O5/c1-3-8-36-23-32(25-38(44(36)49)21-30-12-16-41(47)17-13-30)20-33-26-40(46(51)43(29-33)35-10-6-5-7-11-35)28-34-24-37(9-4-2)45(50)39(27-34)22-31-14-18-42(48)19-15-31/h12-19,23-27,29,35,47-51H,3-11,20-22,28H2,1-2H3. The number of hydrogen-bond acceptors (Lipinski definition) is 5. The largest absolute Gasteiger partial charge is 0.508 e. The summed E-state index contributed by atoms with van der Waals surface area (Å²) >= 11 is 0. The van der Waals surface area contributed by atoms with Crippen LogP contribution in [-0.2, 0) is 38.5 Å². The van der Waals surface area contributed by atoms with Crippen molar-refractivity contribution in [1.29, 1.82) is 0 Å². The molecule has 0 aliphatic heterocycles. The predicted molar refractivity (Wildman–Crippen MR) is 206 cm³/mol. The van der Waals surface area contributed by atoms with Gasteiger partial charge in [-0.1, -0.05) is 107 Å². The molecule has 51 heavy (non-hydrogen) atoms. The van der Waals surface area contributed by atoms with Crippen LogP contribution in [0.5, 0.6) is 28.7 Å². The number of phenolic OH excluding ortho intramolecular Hbond substituents is 5. The molecule has 5 aromatic rings. The van der Waals surface area contributed by atoms with Crippen LogP contribution in [-0.4, -0.2) is 25.5 Å². The predicted octanol–water partition coefficient (Wildman–Crippen LogP) is 10.5. The molecule has 0 aromatic heterocycles. The Morgan fingerprint density at radius 1 is 0.431 bits per heavy atom. The van der Waals surface area contributed by atoms with E-state index in [-0.39, 0.29) is 11.5 Å². The van der Waals surface area contributed by atoms with Crippen LogP contribution in [0.1, 0.15) is 126 Å². The summed E-state index contributed by atoms with van der Waals surface area (Å²) in [5.41, 5.74) is 10.9. The fourth-order valence-electron chi connectivity index (χ4n) is 7.93. The second-order valence-electron chi connectivity index (χ2n) is 14.6. The van der Waals surface area contributed by atoms with E-state index < -0.39 is 0 Å². The van der Waals surface area contributed by atoms with Gasteiger partial charge < -0.3 is 25.5 Å². The van der Waals surface area contributed by atoms with Gasteiger partial charge in [0.15, 0.2) is 0 Å². The third kappa shape index (κ3) is 8.89. The summed E-state index contributed by atoms with van der Waals surface area (Å²) < 4.78 is 0. The summed E-state index contributed by atoms with van der Waals surface area (Å²) in [6.07, 6.45) is 11.4. The second-order valence-corrected chi connectivity index (χ2v) is 14.6. The van der Waals surface area contributed by atoms with Crippen molar-refractivity contribution in [2.24, 2.45) is 0 Å². The zero-order chi connectivity index (χ0) is 35.9. The average Bonchev–Trinajstić information content (AvgIpc) is 3.12. The quantitative estimate of drug-likeness (QED) is 0.0850. The molecule has 1 aliphatic rings. The topological polar surface area (TPSA) is 101 Å². The minimum absolute atomic E-state index is 0.218. The Bertz CT molecular complexity index is 1940. The van der Waals surface area contributed by atoms with Crippen molar-refractivity contribution in [3.8, 4) is 28.7 Å². The summed E-state index contributed by atoms with van der Waals surface area (Å²) in [6.45, 7) is 4.24. The summed E-state index contributed by atoms with van der Waals surface area (Å²) in [5, 5.41) is 54.1. The first-order valence-corrected chi connectivity index (χ1v) is 18.8. The average molecular weight is 685 g/mol. The van der Waals surface area contributed by atoms with Crippen molar-refractivity contribution in [2.75, 3.05) is 0 Å². The third-order valence-corrected chi connectivity index (χ3v) is 10.5. The highest BCUT2D eigenvalue weighted by molar-refractivity contribution is 5.53. The number of benzene rings is 5. The molecule has 0 amide bonds. The molecule has 6 rings (SSSR count). The molecule has 0 bridgehead atoms. The van der Waals surface area contributed by atoms with E-state index >= 15 is 0 Å². The Hall–Kier alpha value is -4.90. The SMILES string of the molecule is CCCc1cc(Cc2cc(Cc3cc(CCC)c(O)c(Cc4ccc(O)cc4)c3)c(O)c(C3CCCCC3)c2)cc(Cc2ccc(O)cc2)c1O. The van der Waals surface area contributed by atoms with Crippen molar-refractivity contribution in [3.63, 3.8) is 0 Å². The van der Waals surface area contributed by atoms with Gasteiger partial charge in [0.25, 0.3) is 0 Å². The molecule has 1 fully saturated rings. The van der Waals surface area contributed by atoms with Crippen LogP contribution < -0.4 is 0 Å². The Labute approximate surface area is 302 Å². The van der Waals surface area contributed by atoms with Crippen molar-refractivity contribution < 1.29 is 25.5 Å². The maximum Gasteiger partial charge on any atom is 0.122 e. The van der Waals surface area contributed by atoms with Gasteiger partial charge in [-0.2, -0.15) is 0 Å². The van der Waals surface area contributed by atoms with E-state index in [0.717, 1.165) is 99.7 Å². The summed E-state index contributed by atoms with van der Waals surface area (Å²) in [6, 6.07) is 27.1. The van der Waals surface area contributed by atoms with Crippen molar-refractivity contribution in [2.45, 2.75) is 103 Å². The molecular weight excluding hydrogens is 633 g/mol. The Balaban J connectivity index is 1.38. The van der Waals surface area contributed by atoms with Gasteiger partial charge in [0, 0.05) is 19.3 Å². The number of rotatable bonds is 13. The van der Waals surface area contributed by atoms with Crippen LogP contribution in [0.3, 0.4) is 0 Å². The molecule has 5 N–H and O–H groups in total. The van der Waals surface area contributed by atoms with E-state index in [1.165, 1.54) is 19.3 Å². The lowest BCUT2D eigenvalue weighted by Crippen LogP contribution is -2.07. The van der Waals surface area contributed by atoms with E-state index in [1.807, 2.05) is 24.3 Å². The first-order chi connectivity index (χ1) is 24.7. The maximum atomic E-state index is 11.9. The van der Waals surface area contributed by atoms with Crippen molar-refractivity contribution >= 4 is 0 Å². The summed E-state index contributed by atoms with van der Waals surface area (Å²) in [7, 11) is 0. The minimum Gasteiger partial charge on any atom is -0.508 e. The first-order valence-electron chi connectivity index (χ1n) is 18.8. The first kappa shape index (κ1) is 35.9. The molecule has 5 nitrogen and oxygen atoms in total. The van der Waals surface area contributed by atoms with Crippen molar-refractivity contribution in [1.82, 2.24) is 0 Å². The molecule has 266 valence electrons. The number of aromatic hydroxyl groups is 5. The van der Waals surface area contributed by atoms with Crippen LogP contribution >= 0.6 is 0 Å². The molecule has 0 radical (unpaired) electrons. The minimum atomic E-state index is 0.218.